The molecule has 0 spiro atoms. The Morgan fingerprint density at radius 3 is 2.03 bits per heavy atom. The molecule has 1 N–H and O–H groups in total. The van der Waals surface area contributed by atoms with Crippen molar-refractivity contribution in [2.45, 2.75) is 43.7 Å². The fourth-order valence-corrected chi connectivity index (χ4v) is 4.87. The summed E-state index contributed by atoms with van der Waals surface area (Å²) in [6.07, 6.45) is 4.23. The first-order chi connectivity index (χ1) is 14.7. The summed E-state index contributed by atoms with van der Waals surface area (Å²) in [5.74, 6) is 1.42. The second-order valence-electron chi connectivity index (χ2n) is 8.19. The predicted octanol–water partition coefficient (Wildman–Crippen LogP) is 4.69. The lowest BCUT2D eigenvalue weighted by atomic mass is 9.89. The number of methoxy groups -OCH3 is 2. The Labute approximate surface area is 175 Å². The van der Waals surface area contributed by atoms with E-state index in [1.54, 1.807) is 18.9 Å². The molecule has 30 heavy (non-hydrogen) atoms. The highest BCUT2D eigenvalue weighted by Crippen LogP contribution is 2.40. The maximum atomic E-state index is 15.9. The van der Waals surface area contributed by atoms with Crippen molar-refractivity contribution in [2.24, 2.45) is 0 Å². The smallest absolute Gasteiger partial charge is 0.173 e. The maximum Gasteiger partial charge on any atom is 0.173 e. The van der Waals surface area contributed by atoms with Gasteiger partial charge < -0.3 is 14.8 Å². The molecular formula is C24H26FN3O2. The number of nitrogens with zero attached hydrogens (tertiary/aromatic N) is 2. The van der Waals surface area contributed by atoms with E-state index in [1.165, 1.54) is 12.8 Å². The highest BCUT2D eigenvalue weighted by molar-refractivity contribution is 5.65. The minimum absolute atomic E-state index is 0.139. The van der Waals surface area contributed by atoms with Gasteiger partial charge in [-0.15, -0.1) is 0 Å². The largest absolute Gasteiger partial charge is 0.497 e. The summed E-state index contributed by atoms with van der Waals surface area (Å²) in [5.41, 5.74) is 2.65. The van der Waals surface area contributed by atoms with Gasteiger partial charge in [0.15, 0.2) is 5.82 Å². The van der Waals surface area contributed by atoms with Crippen molar-refractivity contribution in [3.63, 3.8) is 0 Å². The van der Waals surface area contributed by atoms with E-state index in [9.17, 15) is 0 Å². The number of fused-ring (bicyclic) bond motifs is 2. The Bertz CT molecular complexity index is 1020. The van der Waals surface area contributed by atoms with Gasteiger partial charge in [0.25, 0.3) is 0 Å². The van der Waals surface area contributed by atoms with E-state index in [-0.39, 0.29) is 11.7 Å². The molecule has 0 aliphatic carbocycles. The van der Waals surface area contributed by atoms with Crippen molar-refractivity contribution in [3.8, 4) is 28.4 Å². The Balaban J connectivity index is 1.61. The molecule has 2 aromatic carbocycles. The molecule has 0 amide bonds. The van der Waals surface area contributed by atoms with Gasteiger partial charge >= 0.3 is 0 Å². The monoisotopic (exact) mass is 407 g/mol. The molecule has 3 aromatic rings. The molecule has 2 fully saturated rings. The minimum atomic E-state index is -0.220. The Kier molecular flexibility index (Phi) is 4.95. The fourth-order valence-electron chi connectivity index (χ4n) is 4.87. The number of nitrogens with one attached hydrogen (secondary N) is 1. The van der Waals surface area contributed by atoms with Crippen molar-refractivity contribution in [3.05, 3.63) is 60.0 Å². The summed E-state index contributed by atoms with van der Waals surface area (Å²) < 4.78 is 28.2. The van der Waals surface area contributed by atoms with Crippen LogP contribution in [0, 0.1) is 5.82 Å². The van der Waals surface area contributed by atoms with Crippen molar-refractivity contribution in [1.82, 2.24) is 15.1 Å². The van der Waals surface area contributed by atoms with E-state index in [0.29, 0.717) is 23.5 Å². The van der Waals surface area contributed by atoms with Crippen LogP contribution >= 0.6 is 0 Å². The molecule has 1 aromatic heterocycles. The Morgan fingerprint density at radius 2 is 1.47 bits per heavy atom. The molecule has 2 saturated heterocycles. The fraction of sp³-hybridized carbons (Fsp3) is 0.375. The van der Waals surface area contributed by atoms with Crippen molar-refractivity contribution < 1.29 is 13.9 Å². The zero-order chi connectivity index (χ0) is 20.7. The zero-order valence-electron chi connectivity index (χ0n) is 17.3. The minimum Gasteiger partial charge on any atom is -0.497 e. The molecule has 2 bridgehead atoms. The topological polar surface area (TPSA) is 48.3 Å². The van der Waals surface area contributed by atoms with Crippen LogP contribution in [0.5, 0.6) is 11.5 Å². The summed E-state index contributed by atoms with van der Waals surface area (Å²) in [6, 6.07) is 16.0. The summed E-state index contributed by atoms with van der Waals surface area (Å²) >= 11 is 0. The van der Waals surface area contributed by atoms with Gasteiger partial charge in [-0.1, -0.05) is 0 Å². The number of halogens is 1. The molecule has 2 atom stereocenters. The maximum absolute atomic E-state index is 15.9. The van der Waals surface area contributed by atoms with Gasteiger partial charge in [-0.3, -0.25) is 0 Å². The van der Waals surface area contributed by atoms with Crippen LogP contribution in [0.2, 0.25) is 0 Å². The number of hydrogen-bond acceptors (Lipinski definition) is 4. The molecule has 6 heteroatoms. The van der Waals surface area contributed by atoms with Crippen molar-refractivity contribution in [2.75, 3.05) is 14.2 Å². The molecule has 5 rings (SSSR count). The number of ether oxygens (including phenoxy) is 2. The van der Waals surface area contributed by atoms with Gasteiger partial charge in [0.2, 0.25) is 0 Å². The molecule has 0 radical (unpaired) electrons. The molecule has 0 saturated carbocycles. The van der Waals surface area contributed by atoms with Crippen LogP contribution in [0.4, 0.5) is 4.39 Å². The average molecular weight is 407 g/mol. The van der Waals surface area contributed by atoms with Gasteiger partial charge in [-0.25, -0.2) is 9.07 Å². The SMILES string of the molecule is COc1ccc(-c2c(F)c(C3CC4CCC(C3)N4)nn2-c2ccc(OC)cc2)cc1. The molecule has 2 aliphatic rings. The molecular weight excluding hydrogens is 381 g/mol. The van der Waals surface area contributed by atoms with Crippen LogP contribution in [0.1, 0.15) is 37.3 Å². The summed E-state index contributed by atoms with van der Waals surface area (Å²) in [5, 5.41) is 8.45. The van der Waals surface area contributed by atoms with Gasteiger partial charge in [0.05, 0.1) is 19.9 Å². The highest BCUT2D eigenvalue weighted by Gasteiger charge is 2.37. The lowest BCUT2D eigenvalue weighted by Crippen LogP contribution is -2.37. The number of hydrogen-bond donors (Lipinski definition) is 1. The van der Waals surface area contributed by atoms with Crippen molar-refractivity contribution >= 4 is 0 Å². The third kappa shape index (κ3) is 3.35. The summed E-state index contributed by atoms with van der Waals surface area (Å²) in [4.78, 5) is 0. The van der Waals surface area contributed by atoms with Crippen LogP contribution in [0.3, 0.4) is 0 Å². The first kappa shape index (κ1) is 19.1. The highest BCUT2D eigenvalue weighted by atomic mass is 19.1. The van der Waals surface area contributed by atoms with E-state index in [4.69, 9.17) is 14.6 Å². The van der Waals surface area contributed by atoms with Crippen molar-refractivity contribution in [1.29, 1.82) is 0 Å². The van der Waals surface area contributed by atoms with E-state index in [0.717, 1.165) is 35.6 Å². The molecule has 2 unspecified atom stereocenters. The molecule has 5 nitrogen and oxygen atoms in total. The van der Waals surface area contributed by atoms with Crippen LogP contribution < -0.4 is 14.8 Å². The Morgan fingerprint density at radius 1 is 0.900 bits per heavy atom. The molecule has 156 valence electrons. The first-order valence-electron chi connectivity index (χ1n) is 10.5. The van der Waals surface area contributed by atoms with Crippen LogP contribution in [-0.2, 0) is 0 Å². The average Bonchev–Trinajstić information content (AvgIpc) is 3.32. The number of aromatic nitrogens is 2. The normalized spacial score (nSPS) is 22.8. The van der Waals surface area contributed by atoms with E-state index in [2.05, 4.69) is 5.32 Å². The number of benzene rings is 2. The lowest BCUT2D eigenvalue weighted by Gasteiger charge is -2.27. The summed E-state index contributed by atoms with van der Waals surface area (Å²) in [7, 11) is 3.26. The number of rotatable bonds is 5. The van der Waals surface area contributed by atoms with Crippen LogP contribution in [0.25, 0.3) is 16.9 Å². The van der Waals surface area contributed by atoms with Gasteiger partial charge in [0.1, 0.15) is 22.9 Å². The predicted molar refractivity (Wildman–Crippen MR) is 114 cm³/mol. The molecule has 3 heterocycles. The standard InChI is InChI=1S/C24H26FN3O2/c1-29-20-9-3-15(4-10-20)24-22(25)23(16-13-17-5-6-18(14-16)26-17)27-28(24)19-7-11-21(30-2)12-8-19/h3-4,7-12,16-18,26H,5-6,13-14H2,1-2H3. The zero-order valence-corrected chi connectivity index (χ0v) is 17.3. The second kappa shape index (κ2) is 7.76. The van der Waals surface area contributed by atoms with Crippen LogP contribution in [0.15, 0.2) is 48.5 Å². The lowest BCUT2D eigenvalue weighted by molar-refractivity contribution is 0.351. The van der Waals surface area contributed by atoms with Gasteiger partial charge in [-0.2, -0.15) is 5.10 Å². The Hall–Kier alpha value is -2.86. The van der Waals surface area contributed by atoms with E-state index in [1.807, 2.05) is 48.5 Å². The quantitative estimate of drug-likeness (QED) is 0.666. The third-order valence-electron chi connectivity index (χ3n) is 6.39. The first-order valence-corrected chi connectivity index (χ1v) is 10.5. The van der Waals surface area contributed by atoms with Gasteiger partial charge in [-0.05, 0) is 74.2 Å². The summed E-state index contributed by atoms with van der Waals surface area (Å²) in [6.45, 7) is 0. The molecule has 2 aliphatic heterocycles. The van der Waals surface area contributed by atoms with Crippen LogP contribution in [-0.4, -0.2) is 36.1 Å². The third-order valence-corrected chi connectivity index (χ3v) is 6.39. The van der Waals surface area contributed by atoms with E-state index >= 15 is 4.39 Å². The number of piperidine rings is 1. The van der Waals surface area contributed by atoms with Gasteiger partial charge in [0, 0.05) is 23.6 Å². The van der Waals surface area contributed by atoms with E-state index < -0.39 is 0 Å². The second-order valence-corrected chi connectivity index (χ2v) is 8.19.